The van der Waals surface area contributed by atoms with Crippen LogP contribution in [-0.4, -0.2) is 52.9 Å². The van der Waals surface area contributed by atoms with Gasteiger partial charge in [-0.1, -0.05) is 17.3 Å². The van der Waals surface area contributed by atoms with Crippen molar-refractivity contribution in [2.24, 2.45) is 0 Å². The molecule has 2 aromatic heterocycles. The number of hydrogen-bond acceptors (Lipinski definition) is 7. The molecule has 1 atom stereocenters. The first kappa shape index (κ1) is 18.5. The Bertz CT molecular complexity index is 926. The van der Waals surface area contributed by atoms with Crippen molar-refractivity contribution in [3.8, 4) is 11.5 Å². The number of nitrogens with zero attached hydrogens (tertiary/aromatic N) is 4. The molecule has 0 radical (unpaired) electrons. The van der Waals surface area contributed by atoms with E-state index in [2.05, 4.69) is 25.3 Å². The second-order valence-corrected chi connectivity index (χ2v) is 6.65. The van der Waals surface area contributed by atoms with Crippen LogP contribution >= 0.6 is 0 Å². The van der Waals surface area contributed by atoms with Gasteiger partial charge in [0, 0.05) is 25.8 Å². The van der Waals surface area contributed by atoms with E-state index in [0.717, 1.165) is 24.2 Å². The van der Waals surface area contributed by atoms with E-state index in [1.807, 2.05) is 18.2 Å². The summed E-state index contributed by atoms with van der Waals surface area (Å²) in [5, 5.41) is 7.25. The van der Waals surface area contributed by atoms with Crippen LogP contribution in [-0.2, 0) is 4.74 Å². The number of hydrogen-bond donors (Lipinski definition) is 1. The molecule has 1 fully saturated rings. The predicted octanol–water partition coefficient (Wildman–Crippen LogP) is 3.06. The smallest absolute Gasteiger partial charge is 0.261 e. The zero-order valence-electron chi connectivity index (χ0n) is 15.6. The molecule has 8 heteroatoms. The van der Waals surface area contributed by atoms with Gasteiger partial charge >= 0.3 is 0 Å². The van der Waals surface area contributed by atoms with Crippen LogP contribution in [0.3, 0.4) is 0 Å². The molecule has 1 saturated heterocycles. The van der Waals surface area contributed by atoms with Gasteiger partial charge in [0.05, 0.1) is 24.8 Å². The molecule has 1 aliphatic heterocycles. The summed E-state index contributed by atoms with van der Waals surface area (Å²) in [5.41, 5.74) is 1.66. The highest BCUT2D eigenvalue weighted by Crippen LogP contribution is 2.27. The first-order chi connectivity index (χ1) is 13.7. The number of anilines is 1. The Balaban J connectivity index is 1.58. The number of halogens is 1. The van der Waals surface area contributed by atoms with Crippen molar-refractivity contribution in [1.29, 1.82) is 0 Å². The summed E-state index contributed by atoms with van der Waals surface area (Å²) in [5.74, 6) is 1.40. The van der Waals surface area contributed by atoms with Gasteiger partial charge in [-0.3, -0.25) is 4.90 Å². The quantitative estimate of drug-likeness (QED) is 0.701. The van der Waals surface area contributed by atoms with Gasteiger partial charge in [0.25, 0.3) is 5.89 Å². The number of nitrogens with one attached hydrogen (secondary N) is 1. The van der Waals surface area contributed by atoms with Gasteiger partial charge in [0.1, 0.15) is 11.6 Å². The lowest BCUT2D eigenvalue weighted by Gasteiger charge is -2.35. The van der Waals surface area contributed by atoms with Crippen LogP contribution in [0.25, 0.3) is 11.5 Å². The highest BCUT2D eigenvalue weighted by atomic mass is 19.1. The predicted molar refractivity (Wildman–Crippen MR) is 102 cm³/mol. The lowest BCUT2D eigenvalue weighted by Crippen LogP contribution is -2.41. The minimum atomic E-state index is -0.240. The van der Waals surface area contributed by atoms with Crippen LogP contribution in [0, 0.1) is 12.7 Å². The number of ether oxygens (including phenoxy) is 1. The van der Waals surface area contributed by atoms with Crippen molar-refractivity contribution in [3.05, 3.63) is 59.8 Å². The van der Waals surface area contributed by atoms with Crippen molar-refractivity contribution in [1.82, 2.24) is 20.0 Å². The van der Waals surface area contributed by atoms with Gasteiger partial charge in [-0.15, -0.1) is 0 Å². The van der Waals surface area contributed by atoms with Crippen molar-refractivity contribution < 1.29 is 13.7 Å². The number of benzene rings is 1. The van der Waals surface area contributed by atoms with Crippen LogP contribution in [0.4, 0.5) is 10.2 Å². The average Bonchev–Trinajstić information content (AvgIpc) is 3.15. The van der Waals surface area contributed by atoms with Crippen molar-refractivity contribution >= 4 is 5.82 Å². The fraction of sp³-hybridized carbons (Fsp3) is 0.350. The molecule has 3 aromatic rings. The van der Waals surface area contributed by atoms with E-state index >= 15 is 0 Å². The second-order valence-electron chi connectivity index (χ2n) is 6.65. The van der Waals surface area contributed by atoms with Crippen molar-refractivity contribution in [2.45, 2.75) is 13.0 Å². The van der Waals surface area contributed by atoms with Gasteiger partial charge in [0.2, 0.25) is 0 Å². The average molecular weight is 383 g/mol. The van der Waals surface area contributed by atoms with E-state index in [9.17, 15) is 4.39 Å². The molecule has 7 nitrogen and oxygen atoms in total. The topological polar surface area (TPSA) is 76.3 Å². The molecule has 1 unspecified atom stereocenters. The van der Waals surface area contributed by atoms with Crippen LogP contribution < -0.4 is 5.32 Å². The normalized spacial score (nSPS) is 16.1. The third-order valence-electron chi connectivity index (χ3n) is 4.75. The molecule has 0 amide bonds. The van der Waals surface area contributed by atoms with E-state index in [1.165, 1.54) is 6.07 Å². The van der Waals surface area contributed by atoms with Gasteiger partial charge < -0.3 is 14.6 Å². The molecule has 0 saturated carbocycles. The number of aryl methyl sites for hydroxylation is 1. The van der Waals surface area contributed by atoms with Gasteiger partial charge in [0.15, 0.2) is 5.82 Å². The summed E-state index contributed by atoms with van der Waals surface area (Å²) in [6.07, 6.45) is 1.71. The molecule has 0 aliphatic carbocycles. The summed E-state index contributed by atoms with van der Waals surface area (Å²) < 4.78 is 24.6. The summed E-state index contributed by atoms with van der Waals surface area (Å²) in [6, 6.07) is 10.4. The molecule has 4 rings (SSSR count). The Morgan fingerprint density at radius 2 is 2.07 bits per heavy atom. The first-order valence-corrected chi connectivity index (χ1v) is 9.27. The standard InChI is InChI=1S/C20H22FN5O2/c1-14-24-20(28-25-14)17-6-3-7-22-19(17)23-13-18(26-8-10-27-11-9-26)15-4-2-5-16(21)12-15/h2-7,12,18H,8-11,13H2,1H3,(H,22,23). The van der Waals surface area contributed by atoms with E-state index < -0.39 is 0 Å². The van der Waals surface area contributed by atoms with Gasteiger partial charge in [-0.2, -0.15) is 4.98 Å². The lowest BCUT2D eigenvalue weighted by molar-refractivity contribution is 0.0186. The first-order valence-electron chi connectivity index (χ1n) is 9.27. The maximum Gasteiger partial charge on any atom is 0.261 e. The third-order valence-corrected chi connectivity index (χ3v) is 4.75. The highest BCUT2D eigenvalue weighted by Gasteiger charge is 2.24. The molecule has 0 spiro atoms. The van der Waals surface area contributed by atoms with Crippen molar-refractivity contribution in [3.63, 3.8) is 0 Å². The third kappa shape index (κ3) is 4.18. The van der Waals surface area contributed by atoms with Crippen LogP contribution in [0.5, 0.6) is 0 Å². The van der Waals surface area contributed by atoms with Crippen LogP contribution in [0.2, 0.25) is 0 Å². The van der Waals surface area contributed by atoms with Gasteiger partial charge in [-0.25, -0.2) is 9.37 Å². The number of rotatable bonds is 6. The zero-order valence-corrected chi connectivity index (χ0v) is 15.6. The zero-order chi connectivity index (χ0) is 19.3. The summed E-state index contributed by atoms with van der Waals surface area (Å²) in [6.45, 7) is 5.25. The Morgan fingerprint density at radius 1 is 1.21 bits per heavy atom. The van der Waals surface area contributed by atoms with E-state index in [4.69, 9.17) is 9.26 Å². The minimum absolute atomic E-state index is 0.0149. The Kier molecular flexibility index (Phi) is 5.59. The van der Waals surface area contributed by atoms with Crippen LogP contribution in [0.1, 0.15) is 17.4 Å². The Hall–Kier alpha value is -2.84. The van der Waals surface area contributed by atoms with Crippen LogP contribution in [0.15, 0.2) is 47.1 Å². The monoisotopic (exact) mass is 383 g/mol. The SMILES string of the molecule is Cc1noc(-c2cccnc2NCC(c2cccc(F)c2)N2CCOCC2)n1. The molecule has 0 bridgehead atoms. The molecule has 1 aliphatic rings. The van der Waals surface area contributed by atoms with E-state index in [1.54, 1.807) is 25.3 Å². The Labute approximate surface area is 162 Å². The van der Waals surface area contributed by atoms with E-state index in [-0.39, 0.29) is 11.9 Å². The molecule has 28 heavy (non-hydrogen) atoms. The number of pyridine rings is 1. The van der Waals surface area contributed by atoms with Crippen molar-refractivity contribution in [2.75, 3.05) is 38.2 Å². The second kappa shape index (κ2) is 8.45. The molecule has 3 heterocycles. The number of aromatic nitrogens is 3. The summed E-state index contributed by atoms with van der Waals surface area (Å²) in [7, 11) is 0. The van der Waals surface area contributed by atoms with E-state index in [0.29, 0.717) is 37.3 Å². The molecular formula is C20H22FN5O2. The maximum absolute atomic E-state index is 13.8. The Morgan fingerprint density at radius 3 is 2.82 bits per heavy atom. The lowest BCUT2D eigenvalue weighted by atomic mass is 10.0. The maximum atomic E-state index is 13.8. The fourth-order valence-corrected chi connectivity index (χ4v) is 3.38. The molecule has 1 aromatic carbocycles. The number of morpholine rings is 1. The minimum Gasteiger partial charge on any atom is -0.379 e. The van der Waals surface area contributed by atoms with Gasteiger partial charge in [-0.05, 0) is 36.8 Å². The largest absolute Gasteiger partial charge is 0.379 e. The summed E-state index contributed by atoms with van der Waals surface area (Å²) in [4.78, 5) is 11.0. The summed E-state index contributed by atoms with van der Waals surface area (Å²) >= 11 is 0. The molecule has 1 N–H and O–H groups in total. The fourth-order valence-electron chi connectivity index (χ4n) is 3.38. The highest BCUT2D eigenvalue weighted by molar-refractivity contribution is 5.68. The molecular weight excluding hydrogens is 361 g/mol. The molecule has 146 valence electrons.